The van der Waals surface area contributed by atoms with Gasteiger partial charge in [0.1, 0.15) is 6.04 Å². The summed E-state index contributed by atoms with van der Waals surface area (Å²) in [7, 11) is 0. The Kier molecular flexibility index (Phi) is 4.51. The summed E-state index contributed by atoms with van der Waals surface area (Å²) in [6, 6.07) is 12.8. The SMILES string of the molecule is CC1=C(C(=O)Nc2ccc(C)cc2)C(c2ccc([N+](=O)[O-])cc2)n2nnnc2N1. The Balaban J connectivity index is 1.74. The Morgan fingerprint density at radius 3 is 2.48 bits per heavy atom. The van der Waals surface area contributed by atoms with E-state index in [2.05, 4.69) is 26.2 Å². The van der Waals surface area contributed by atoms with E-state index in [9.17, 15) is 14.9 Å². The van der Waals surface area contributed by atoms with E-state index in [1.54, 1.807) is 19.1 Å². The van der Waals surface area contributed by atoms with Crippen molar-refractivity contribution in [3.05, 3.63) is 81.0 Å². The second kappa shape index (κ2) is 7.15. The molecule has 10 nitrogen and oxygen atoms in total. The first-order chi connectivity index (χ1) is 13.9. The molecule has 0 saturated heterocycles. The van der Waals surface area contributed by atoms with E-state index in [1.165, 1.54) is 16.8 Å². The van der Waals surface area contributed by atoms with Crippen LogP contribution in [0.1, 0.15) is 24.1 Å². The molecule has 0 aliphatic carbocycles. The van der Waals surface area contributed by atoms with Crippen LogP contribution in [0.25, 0.3) is 0 Å². The van der Waals surface area contributed by atoms with E-state index in [1.807, 2.05) is 31.2 Å². The maximum absolute atomic E-state index is 13.2. The van der Waals surface area contributed by atoms with Crippen molar-refractivity contribution >= 4 is 23.2 Å². The second-order valence-corrected chi connectivity index (χ2v) is 6.68. The molecule has 1 unspecified atom stereocenters. The Labute approximate surface area is 165 Å². The number of allylic oxidation sites excluding steroid dienone is 1. The molecule has 0 radical (unpaired) electrons. The zero-order chi connectivity index (χ0) is 20.5. The molecule has 0 saturated carbocycles. The molecule has 4 rings (SSSR count). The lowest BCUT2D eigenvalue weighted by Crippen LogP contribution is -2.31. The minimum Gasteiger partial charge on any atom is -0.326 e. The summed E-state index contributed by atoms with van der Waals surface area (Å²) in [6.07, 6.45) is 0. The Hall–Kier alpha value is -4.08. The maximum Gasteiger partial charge on any atom is 0.269 e. The molecular formula is C19H17N7O3. The number of nitro groups is 1. The number of rotatable bonds is 4. The number of aromatic nitrogens is 4. The summed E-state index contributed by atoms with van der Waals surface area (Å²) < 4.78 is 1.48. The van der Waals surface area contributed by atoms with Crippen molar-refractivity contribution in [1.29, 1.82) is 0 Å². The van der Waals surface area contributed by atoms with E-state index in [4.69, 9.17) is 0 Å². The first-order valence-electron chi connectivity index (χ1n) is 8.82. The number of nitrogens with one attached hydrogen (secondary N) is 2. The number of tetrazole rings is 1. The average molecular weight is 391 g/mol. The first-order valence-corrected chi connectivity index (χ1v) is 8.82. The number of nitrogens with zero attached hydrogens (tertiary/aromatic N) is 5. The monoisotopic (exact) mass is 391 g/mol. The smallest absolute Gasteiger partial charge is 0.269 e. The summed E-state index contributed by atoms with van der Waals surface area (Å²) >= 11 is 0. The highest BCUT2D eigenvalue weighted by Gasteiger charge is 2.34. The normalized spacial score (nSPS) is 15.4. The van der Waals surface area contributed by atoms with E-state index in [0.29, 0.717) is 28.5 Å². The summed E-state index contributed by atoms with van der Waals surface area (Å²) in [5, 5.41) is 28.5. The van der Waals surface area contributed by atoms with Gasteiger partial charge in [-0.2, -0.15) is 4.68 Å². The molecule has 0 fully saturated rings. The molecule has 0 spiro atoms. The van der Waals surface area contributed by atoms with Gasteiger partial charge in [-0.05, 0) is 54.1 Å². The third-order valence-corrected chi connectivity index (χ3v) is 4.69. The van der Waals surface area contributed by atoms with Crippen LogP contribution in [0.5, 0.6) is 0 Å². The van der Waals surface area contributed by atoms with Crippen LogP contribution < -0.4 is 10.6 Å². The fraction of sp³-hybridized carbons (Fsp3) is 0.158. The Morgan fingerprint density at radius 1 is 1.14 bits per heavy atom. The molecule has 1 amide bonds. The first kappa shape index (κ1) is 18.3. The van der Waals surface area contributed by atoms with Crippen LogP contribution >= 0.6 is 0 Å². The number of fused-ring (bicyclic) bond motifs is 1. The fourth-order valence-corrected chi connectivity index (χ4v) is 3.23. The molecule has 1 atom stereocenters. The van der Waals surface area contributed by atoms with Crippen LogP contribution in [0, 0.1) is 17.0 Å². The fourth-order valence-electron chi connectivity index (χ4n) is 3.23. The number of hydrogen-bond acceptors (Lipinski definition) is 7. The van der Waals surface area contributed by atoms with Gasteiger partial charge in [0.05, 0.1) is 10.5 Å². The number of aryl methyl sites for hydroxylation is 1. The molecule has 0 bridgehead atoms. The molecular weight excluding hydrogens is 374 g/mol. The molecule has 146 valence electrons. The lowest BCUT2D eigenvalue weighted by atomic mass is 9.95. The van der Waals surface area contributed by atoms with Crippen LogP contribution in [-0.2, 0) is 4.79 Å². The van der Waals surface area contributed by atoms with Crippen LogP contribution in [0.15, 0.2) is 59.8 Å². The minimum atomic E-state index is -0.632. The number of amides is 1. The third-order valence-electron chi connectivity index (χ3n) is 4.69. The van der Waals surface area contributed by atoms with E-state index in [0.717, 1.165) is 5.56 Å². The van der Waals surface area contributed by atoms with Gasteiger partial charge >= 0.3 is 0 Å². The zero-order valence-corrected chi connectivity index (χ0v) is 15.7. The van der Waals surface area contributed by atoms with Crippen molar-refractivity contribution in [3.63, 3.8) is 0 Å². The summed E-state index contributed by atoms with van der Waals surface area (Å²) in [5.74, 6) is 0.0705. The van der Waals surface area contributed by atoms with Gasteiger partial charge in [-0.15, -0.1) is 0 Å². The third kappa shape index (κ3) is 3.43. The van der Waals surface area contributed by atoms with Gasteiger partial charge in [0, 0.05) is 23.5 Å². The maximum atomic E-state index is 13.2. The molecule has 3 aromatic rings. The highest BCUT2D eigenvalue weighted by atomic mass is 16.6. The molecule has 2 N–H and O–H groups in total. The quantitative estimate of drug-likeness (QED) is 0.517. The lowest BCUT2D eigenvalue weighted by Gasteiger charge is -2.27. The number of anilines is 2. The topological polar surface area (TPSA) is 128 Å². The van der Waals surface area contributed by atoms with E-state index < -0.39 is 11.0 Å². The van der Waals surface area contributed by atoms with Gasteiger partial charge in [0.15, 0.2) is 0 Å². The van der Waals surface area contributed by atoms with Gasteiger partial charge in [0.25, 0.3) is 11.6 Å². The number of nitro benzene ring substituents is 1. The zero-order valence-electron chi connectivity index (χ0n) is 15.7. The summed E-state index contributed by atoms with van der Waals surface area (Å²) in [5.41, 5.74) is 3.37. The van der Waals surface area contributed by atoms with Crippen molar-refractivity contribution in [1.82, 2.24) is 20.2 Å². The molecule has 1 aromatic heterocycles. The van der Waals surface area contributed by atoms with Crippen LogP contribution in [0.4, 0.5) is 17.3 Å². The molecule has 1 aliphatic rings. The summed E-state index contributed by atoms with van der Waals surface area (Å²) in [4.78, 5) is 23.7. The van der Waals surface area contributed by atoms with Crippen LogP contribution in [0.3, 0.4) is 0 Å². The van der Waals surface area contributed by atoms with Gasteiger partial charge in [-0.25, -0.2) is 0 Å². The van der Waals surface area contributed by atoms with Crippen molar-refractivity contribution in [3.8, 4) is 0 Å². The molecule has 10 heteroatoms. The van der Waals surface area contributed by atoms with Gasteiger partial charge < -0.3 is 10.6 Å². The second-order valence-electron chi connectivity index (χ2n) is 6.68. The van der Waals surface area contributed by atoms with Crippen molar-refractivity contribution < 1.29 is 9.72 Å². The summed E-state index contributed by atoms with van der Waals surface area (Å²) in [6.45, 7) is 3.73. The lowest BCUT2D eigenvalue weighted by molar-refractivity contribution is -0.384. The van der Waals surface area contributed by atoms with Gasteiger partial charge in [0.2, 0.25) is 5.95 Å². The number of carbonyl (C=O) groups is 1. The van der Waals surface area contributed by atoms with Gasteiger partial charge in [-0.1, -0.05) is 22.8 Å². The molecule has 2 aromatic carbocycles. The Bertz CT molecular complexity index is 1120. The van der Waals surface area contributed by atoms with Crippen molar-refractivity contribution in [2.75, 3.05) is 10.6 Å². The highest BCUT2D eigenvalue weighted by Crippen LogP contribution is 2.35. The number of carbonyl (C=O) groups excluding carboxylic acids is 1. The van der Waals surface area contributed by atoms with Crippen LogP contribution in [0.2, 0.25) is 0 Å². The minimum absolute atomic E-state index is 0.0361. The predicted octanol–water partition coefficient (Wildman–Crippen LogP) is 2.82. The number of non-ortho nitro benzene ring substituents is 1. The van der Waals surface area contributed by atoms with E-state index >= 15 is 0 Å². The van der Waals surface area contributed by atoms with Crippen molar-refractivity contribution in [2.45, 2.75) is 19.9 Å². The highest BCUT2D eigenvalue weighted by molar-refractivity contribution is 6.06. The van der Waals surface area contributed by atoms with E-state index in [-0.39, 0.29) is 11.6 Å². The average Bonchev–Trinajstić information content (AvgIpc) is 3.16. The predicted molar refractivity (Wildman–Crippen MR) is 105 cm³/mol. The van der Waals surface area contributed by atoms with Crippen molar-refractivity contribution in [2.24, 2.45) is 0 Å². The number of hydrogen-bond donors (Lipinski definition) is 2. The number of benzene rings is 2. The Morgan fingerprint density at radius 2 is 1.83 bits per heavy atom. The van der Waals surface area contributed by atoms with Gasteiger partial charge in [-0.3, -0.25) is 14.9 Å². The largest absolute Gasteiger partial charge is 0.326 e. The standard InChI is InChI=1S/C19H17N7O3/c1-11-3-7-14(8-4-11)21-18(27)16-12(2)20-19-22-23-24-25(19)17(16)13-5-9-15(10-6-13)26(28)29/h3-10,17H,1-2H3,(H,21,27)(H,20,22,24). The van der Waals surface area contributed by atoms with Crippen LogP contribution in [-0.4, -0.2) is 31.0 Å². The molecule has 2 heterocycles. The molecule has 1 aliphatic heterocycles. The molecule has 29 heavy (non-hydrogen) atoms.